The van der Waals surface area contributed by atoms with Crippen molar-refractivity contribution < 1.29 is 19.4 Å². The van der Waals surface area contributed by atoms with E-state index in [-0.39, 0.29) is 5.91 Å². The van der Waals surface area contributed by atoms with Gasteiger partial charge in [0.1, 0.15) is 6.04 Å². The van der Waals surface area contributed by atoms with Crippen LogP contribution >= 0.6 is 0 Å². The van der Waals surface area contributed by atoms with Gasteiger partial charge in [0.25, 0.3) is 5.91 Å². The standard InChI is InChI=1S/C12H14N2O4/c1-18-10-5-4-8(7-13-10)11(15)14-6-2-3-9(14)12(16)17/h4-5,7,9H,2-3,6H2,1H3,(H,16,17). The fraction of sp³-hybridized carbons (Fsp3) is 0.417. The lowest BCUT2D eigenvalue weighted by atomic mass is 10.2. The lowest BCUT2D eigenvalue weighted by Gasteiger charge is -2.21. The van der Waals surface area contributed by atoms with Gasteiger partial charge in [-0.2, -0.15) is 0 Å². The molecule has 2 heterocycles. The van der Waals surface area contributed by atoms with Gasteiger partial charge >= 0.3 is 5.97 Å². The van der Waals surface area contributed by atoms with Crippen molar-refractivity contribution >= 4 is 11.9 Å². The Labute approximate surface area is 104 Å². The van der Waals surface area contributed by atoms with Crippen LogP contribution in [-0.4, -0.2) is 46.6 Å². The van der Waals surface area contributed by atoms with Crippen LogP contribution in [0.1, 0.15) is 23.2 Å². The van der Waals surface area contributed by atoms with Crippen LogP contribution in [0.15, 0.2) is 18.3 Å². The maximum atomic E-state index is 12.1. The van der Waals surface area contributed by atoms with Crippen molar-refractivity contribution in [3.8, 4) is 5.88 Å². The summed E-state index contributed by atoms with van der Waals surface area (Å²) in [4.78, 5) is 28.5. The molecule has 1 aliphatic heterocycles. The third kappa shape index (κ3) is 2.27. The van der Waals surface area contributed by atoms with Crippen LogP contribution in [0.3, 0.4) is 0 Å². The molecule has 96 valence electrons. The second kappa shape index (κ2) is 5.03. The molecule has 6 nitrogen and oxygen atoms in total. The number of hydrogen-bond acceptors (Lipinski definition) is 4. The number of carbonyl (C=O) groups excluding carboxylic acids is 1. The summed E-state index contributed by atoms with van der Waals surface area (Å²) in [6, 6.07) is 2.45. The van der Waals surface area contributed by atoms with Crippen molar-refractivity contribution in [3.05, 3.63) is 23.9 Å². The Morgan fingerprint density at radius 3 is 2.83 bits per heavy atom. The molecule has 1 N–H and O–H groups in total. The van der Waals surface area contributed by atoms with E-state index in [4.69, 9.17) is 9.84 Å². The lowest BCUT2D eigenvalue weighted by Crippen LogP contribution is -2.40. The number of carboxylic acids is 1. The monoisotopic (exact) mass is 250 g/mol. The normalized spacial score (nSPS) is 18.7. The fourth-order valence-electron chi connectivity index (χ4n) is 2.06. The molecule has 1 amide bonds. The summed E-state index contributed by atoms with van der Waals surface area (Å²) in [5.74, 6) is -0.833. The van der Waals surface area contributed by atoms with Crippen molar-refractivity contribution in [3.63, 3.8) is 0 Å². The number of pyridine rings is 1. The van der Waals surface area contributed by atoms with Gasteiger partial charge in [-0.25, -0.2) is 9.78 Å². The Bertz CT molecular complexity index is 458. The summed E-state index contributed by atoms with van der Waals surface area (Å²) in [5, 5.41) is 9.03. The first-order valence-electron chi connectivity index (χ1n) is 5.67. The number of ether oxygens (including phenoxy) is 1. The minimum absolute atomic E-state index is 0.296. The third-order valence-corrected chi connectivity index (χ3v) is 2.99. The number of methoxy groups -OCH3 is 1. The molecule has 18 heavy (non-hydrogen) atoms. The van der Waals surface area contributed by atoms with Crippen LogP contribution in [0, 0.1) is 0 Å². The number of hydrogen-bond donors (Lipinski definition) is 1. The van der Waals surface area contributed by atoms with E-state index >= 15 is 0 Å². The van der Waals surface area contributed by atoms with Crippen molar-refractivity contribution in [1.29, 1.82) is 0 Å². The summed E-state index contributed by atoms with van der Waals surface area (Å²) in [6.45, 7) is 0.474. The van der Waals surface area contributed by atoms with Gasteiger partial charge in [0.05, 0.1) is 12.7 Å². The molecule has 1 aromatic rings. The van der Waals surface area contributed by atoms with Gasteiger partial charge < -0.3 is 14.7 Å². The van der Waals surface area contributed by atoms with Crippen LogP contribution in [0.25, 0.3) is 0 Å². The van der Waals surface area contributed by atoms with Crippen LogP contribution in [0.5, 0.6) is 5.88 Å². The van der Waals surface area contributed by atoms with E-state index in [1.807, 2.05) is 0 Å². The zero-order valence-electron chi connectivity index (χ0n) is 10.00. The molecule has 0 saturated carbocycles. The van der Waals surface area contributed by atoms with Crippen molar-refractivity contribution in [2.45, 2.75) is 18.9 Å². The second-order valence-corrected chi connectivity index (χ2v) is 4.08. The molecule has 6 heteroatoms. The predicted molar refractivity (Wildman–Crippen MR) is 62.5 cm³/mol. The van der Waals surface area contributed by atoms with E-state index in [1.165, 1.54) is 18.2 Å². The number of aromatic nitrogens is 1. The second-order valence-electron chi connectivity index (χ2n) is 4.08. The molecule has 1 fully saturated rings. The first-order valence-corrected chi connectivity index (χ1v) is 5.67. The Morgan fingerprint density at radius 2 is 2.28 bits per heavy atom. The molecule has 1 aliphatic rings. The smallest absolute Gasteiger partial charge is 0.326 e. The molecule has 0 radical (unpaired) electrons. The van der Waals surface area contributed by atoms with Crippen molar-refractivity contribution in [2.24, 2.45) is 0 Å². The van der Waals surface area contributed by atoms with E-state index in [1.54, 1.807) is 12.1 Å². The Morgan fingerprint density at radius 1 is 1.50 bits per heavy atom. The van der Waals surface area contributed by atoms with Gasteiger partial charge in [0.2, 0.25) is 5.88 Å². The molecule has 1 aromatic heterocycles. The molecule has 1 atom stereocenters. The zero-order chi connectivity index (χ0) is 13.1. The predicted octanol–water partition coefficient (Wildman–Crippen LogP) is 0.779. The topological polar surface area (TPSA) is 79.7 Å². The number of likely N-dealkylation sites (tertiary alicyclic amines) is 1. The molecule has 0 aliphatic carbocycles. The highest BCUT2D eigenvalue weighted by molar-refractivity contribution is 5.96. The van der Waals surface area contributed by atoms with E-state index < -0.39 is 12.0 Å². The average molecular weight is 250 g/mol. The summed E-state index contributed by atoms with van der Waals surface area (Å²) in [6.07, 6.45) is 2.62. The SMILES string of the molecule is COc1ccc(C(=O)N2CCCC2C(=O)O)cn1. The van der Waals surface area contributed by atoms with Gasteiger partial charge in [-0.1, -0.05) is 0 Å². The Hall–Kier alpha value is -2.11. The molecule has 0 aromatic carbocycles. The quantitative estimate of drug-likeness (QED) is 0.857. The fourth-order valence-corrected chi connectivity index (χ4v) is 2.06. The van der Waals surface area contributed by atoms with Crippen LogP contribution in [-0.2, 0) is 4.79 Å². The molecule has 0 spiro atoms. The maximum Gasteiger partial charge on any atom is 0.326 e. The average Bonchev–Trinajstić information content (AvgIpc) is 2.87. The molecular formula is C12H14N2O4. The van der Waals surface area contributed by atoms with Crippen LogP contribution < -0.4 is 4.74 Å². The number of amides is 1. The van der Waals surface area contributed by atoms with E-state index in [9.17, 15) is 9.59 Å². The summed E-state index contributed by atoms with van der Waals surface area (Å²) >= 11 is 0. The Kier molecular flexibility index (Phi) is 3.45. The largest absolute Gasteiger partial charge is 0.481 e. The van der Waals surface area contributed by atoms with Crippen LogP contribution in [0.2, 0.25) is 0 Å². The first kappa shape index (κ1) is 12.3. The Balaban J connectivity index is 2.17. The minimum atomic E-state index is -0.956. The number of carbonyl (C=O) groups is 2. The maximum absolute atomic E-state index is 12.1. The molecule has 2 rings (SSSR count). The molecule has 1 saturated heterocycles. The van der Waals surface area contributed by atoms with Gasteiger partial charge in [-0.15, -0.1) is 0 Å². The van der Waals surface area contributed by atoms with Crippen molar-refractivity contribution in [2.75, 3.05) is 13.7 Å². The molecule has 1 unspecified atom stereocenters. The lowest BCUT2D eigenvalue weighted by molar-refractivity contribution is -0.141. The highest BCUT2D eigenvalue weighted by Crippen LogP contribution is 2.20. The van der Waals surface area contributed by atoms with E-state index in [0.717, 1.165) is 0 Å². The van der Waals surface area contributed by atoms with Gasteiger partial charge in [-0.3, -0.25) is 4.79 Å². The molecular weight excluding hydrogens is 236 g/mol. The summed E-state index contributed by atoms with van der Waals surface area (Å²) < 4.78 is 4.90. The minimum Gasteiger partial charge on any atom is -0.481 e. The number of carboxylic acid groups (broad SMARTS) is 1. The van der Waals surface area contributed by atoms with Gasteiger partial charge in [0, 0.05) is 18.8 Å². The zero-order valence-corrected chi connectivity index (χ0v) is 10.00. The third-order valence-electron chi connectivity index (χ3n) is 2.99. The summed E-state index contributed by atoms with van der Waals surface area (Å²) in [7, 11) is 1.49. The number of nitrogens with zero attached hydrogens (tertiary/aromatic N) is 2. The molecule has 0 bridgehead atoms. The van der Waals surface area contributed by atoms with E-state index in [0.29, 0.717) is 30.8 Å². The highest BCUT2D eigenvalue weighted by Gasteiger charge is 2.34. The van der Waals surface area contributed by atoms with E-state index in [2.05, 4.69) is 4.98 Å². The van der Waals surface area contributed by atoms with Crippen LogP contribution in [0.4, 0.5) is 0 Å². The van der Waals surface area contributed by atoms with Gasteiger partial charge in [0.15, 0.2) is 0 Å². The van der Waals surface area contributed by atoms with Gasteiger partial charge in [-0.05, 0) is 18.9 Å². The van der Waals surface area contributed by atoms with Crippen molar-refractivity contribution in [1.82, 2.24) is 9.88 Å². The number of aliphatic carboxylic acids is 1. The first-order chi connectivity index (χ1) is 8.63. The number of rotatable bonds is 3. The summed E-state index contributed by atoms with van der Waals surface area (Å²) in [5.41, 5.74) is 0.379. The highest BCUT2D eigenvalue weighted by atomic mass is 16.5.